The molecule has 1 aromatic rings. The molecule has 0 aromatic heterocycles. The number of alkyl halides is 2. The fourth-order valence-electron chi connectivity index (χ4n) is 2.27. The number of halogens is 2. The van der Waals surface area contributed by atoms with E-state index in [1.165, 1.54) is 0 Å². The van der Waals surface area contributed by atoms with Crippen molar-refractivity contribution in [3.05, 3.63) is 35.4 Å². The van der Waals surface area contributed by atoms with Crippen LogP contribution in [0.4, 0.5) is 8.78 Å². The van der Waals surface area contributed by atoms with Gasteiger partial charge in [-0.25, -0.2) is 8.78 Å². The molecule has 1 saturated carbocycles. The molecule has 0 amide bonds. The lowest BCUT2D eigenvalue weighted by Crippen LogP contribution is -2.25. The van der Waals surface area contributed by atoms with Gasteiger partial charge in [0.15, 0.2) is 0 Å². The quantitative estimate of drug-likeness (QED) is 0.835. The highest BCUT2D eigenvalue weighted by Gasteiger charge is 2.34. The van der Waals surface area contributed by atoms with Crippen LogP contribution >= 0.6 is 0 Å². The van der Waals surface area contributed by atoms with Gasteiger partial charge in [0, 0.05) is 5.92 Å². The van der Waals surface area contributed by atoms with Crippen LogP contribution in [0.15, 0.2) is 24.3 Å². The fraction of sp³-hybridized carbons (Fsp3) is 0.538. The summed E-state index contributed by atoms with van der Waals surface area (Å²) in [6.07, 6.45) is 0.612. The summed E-state index contributed by atoms with van der Waals surface area (Å²) in [6, 6.07) is 6.90. The molecule has 1 aromatic carbocycles. The normalized spacial score (nSPS) is 18.5. The van der Waals surface area contributed by atoms with Gasteiger partial charge in [0.25, 0.3) is 0 Å². The monoisotopic (exact) mass is 226 g/mol. The Morgan fingerprint density at radius 2 is 1.81 bits per heavy atom. The van der Waals surface area contributed by atoms with Crippen LogP contribution in [-0.4, -0.2) is 11.5 Å². The molecule has 1 nitrogen and oxygen atoms in total. The first kappa shape index (κ1) is 11.5. The molecular weight excluding hydrogens is 210 g/mol. The maximum Gasteiger partial charge on any atom is 0.245 e. The number of hydrogen-bond acceptors (Lipinski definition) is 1. The standard InChI is InChI=1S/C13H16F2O/c14-13(15)12(10-2-1-3-10)11-6-4-9(8-16)5-7-11/h4-7,10,12-13,16H,1-3,8H2. The topological polar surface area (TPSA) is 20.2 Å². The lowest BCUT2D eigenvalue weighted by Gasteiger charge is -2.33. The Labute approximate surface area is 94.1 Å². The van der Waals surface area contributed by atoms with Crippen LogP contribution in [0.1, 0.15) is 36.3 Å². The van der Waals surface area contributed by atoms with E-state index in [0.29, 0.717) is 5.56 Å². The van der Waals surface area contributed by atoms with Gasteiger partial charge in [-0.15, -0.1) is 0 Å². The molecule has 1 unspecified atom stereocenters. The number of aliphatic hydroxyl groups excluding tert-OH is 1. The highest BCUT2D eigenvalue weighted by Crippen LogP contribution is 2.42. The summed E-state index contributed by atoms with van der Waals surface area (Å²) < 4.78 is 26.0. The average Bonchev–Trinajstić information content (AvgIpc) is 2.23. The summed E-state index contributed by atoms with van der Waals surface area (Å²) >= 11 is 0. The molecule has 0 aliphatic heterocycles. The SMILES string of the molecule is OCc1ccc(C(C(F)F)C2CCC2)cc1. The van der Waals surface area contributed by atoms with Crippen molar-refractivity contribution in [3.63, 3.8) is 0 Å². The third kappa shape index (κ3) is 2.24. The first-order valence-corrected chi connectivity index (χ1v) is 5.70. The molecule has 1 N–H and O–H groups in total. The van der Waals surface area contributed by atoms with E-state index >= 15 is 0 Å². The molecule has 88 valence electrons. The van der Waals surface area contributed by atoms with Gasteiger partial charge in [0.05, 0.1) is 6.61 Å². The van der Waals surface area contributed by atoms with Crippen molar-refractivity contribution in [2.45, 2.75) is 38.2 Å². The number of benzene rings is 1. The van der Waals surface area contributed by atoms with E-state index in [9.17, 15) is 8.78 Å². The van der Waals surface area contributed by atoms with Crippen LogP contribution in [-0.2, 0) is 6.61 Å². The summed E-state index contributed by atoms with van der Waals surface area (Å²) in [5, 5.41) is 8.89. The zero-order valence-corrected chi connectivity index (χ0v) is 9.07. The van der Waals surface area contributed by atoms with Gasteiger partial charge in [0.2, 0.25) is 6.43 Å². The zero-order valence-electron chi connectivity index (χ0n) is 9.07. The highest BCUT2D eigenvalue weighted by atomic mass is 19.3. The Morgan fingerprint density at radius 3 is 2.19 bits per heavy atom. The third-order valence-electron chi connectivity index (χ3n) is 3.48. The molecule has 0 radical (unpaired) electrons. The summed E-state index contributed by atoms with van der Waals surface area (Å²) in [5.74, 6) is -0.485. The minimum Gasteiger partial charge on any atom is -0.392 e. The molecule has 1 aliphatic carbocycles. The molecular formula is C13H16F2O. The summed E-state index contributed by atoms with van der Waals surface area (Å²) in [5.41, 5.74) is 1.47. The molecule has 2 rings (SSSR count). The van der Waals surface area contributed by atoms with Gasteiger partial charge < -0.3 is 5.11 Å². The van der Waals surface area contributed by atoms with E-state index in [-0.39, 0.29) is 12.5 Å². The van der Waals surface area contributed by atoms with Gasteiger partial charge in [0.1, 0.15) is 0 Å². The lowest BCUT2D eigenvalue weighted by atomic mass is 9.73. The van der Waals surface area contributed by atoms with Crippen molar-refractivity contribution in [2.24, 2.45) is 5.92 Å². The van der Waals surface area contributed by atoms with E-state index < -0.39 is 12.3 Å². The predicted octanol–water partition coefficient (Wildman–Crippen LogP) is 3.33. The zero-order chi connectivity index (χ0) is 11.5. The van der Waals surface area contributed by atoms with Crippen molar-refractivity contribution in [2.75, 3.05) is 0 Å². The van der Waals surface area contributed by atoms with Crippen LogP contribution in [0.3, 0.4) is 0 Å². The Balaban J connectivity index is 2.17. The maximum absolute atomic E-state index is 13.0. The van der Waals surface area contributed by atoms with Crippen LogP contribution < -0.4 is 0 Å². The summed E-state index contributed by atoms with van der Waals surface area (Å²) in [6.45, 7) is -0.0386. The first-order chi connectivity index (χ1) is 7.72. The molecule has 3 heteroatoms. The lowest BCUT2D eigenvalue weighted by molar-refractivity contribution is 0.0617. The second-order valence-electron chi connectivity index (χ2n) is 4.45. The van der Waals surface area contributed by atoms with Gasteiger partial charge in [-0.2, -0.15) is 0 Å². The van der Waals surface area contributed by atoms with Crippen LogP contribution in [0.25, 0.3) is 0 Å². The van der Waals surface area contributed by atoms with Gasteiger partial charge >= 0.3 is 0 Å². The van der Waals surface area contributed by atoms with Crippen LogP contribution in [0, 0.1) is 5.92 Å². The molecule has 1 atom stereocenters. The minimum atomic E-state index is -2.29. The van der Waals surface area contributed by atoms with Crippen molar-refractivity contribution in [1.29, 1.82) is 0 Å². The summed E-state index contributed by atoms with van der Waals surface area (Å²) in [4.78, 5) is 0. The number of aliphatic hydroxyl groups is 1. The fourth-order valence-corrected chi connectivity index (χ4v) is 2.27. The Morgan fingerprint density at radius 1 is 1.19 bits per heavy atom. The molecule has 0 heterocycles. The smallest absolute Gasteiger partial charge is 0.245 e. The molecule has 1 aliphatic rings. The largest absolute Gasteiger partial charge is 0.392 e. The molecule has 16 heavy (non-hydrogen) atoms. The van der Waals surface area contributed by atoms with Crippen molar-refractivity contribution in [1.82, 2.24) is 0 Å². The average molecular weight is 226 g/mol. The van der Waals surface area contributed by atoms with Crippen molar-refractivity contribution < 1.29 is 13.9 Å². The van der Waals surface area contributed by atoms with E-state index in [2.05, 4.69) is 0 Å². The minimum absolute atomic E-state index is 0.0386. The molecule has 1 fully saturated rings. The molecule has 0 bridgehead atoms. The number of hydrogen-bond donors (Lipinski definition) is 1. The summed E-state index contributed by atoms with van der Waals surface area (Å²) in [7, 11) is 0. The Bertz CT molecular complexity index is 330. The van der Waals surface area contributed by atoms with E-state index in [4.69, 9.17) is 5.11 Å². The van der Waals surface area contributed by atoms with Crippen LogP contribution in [0.2, 0.25) is 0 Å². The first-order valence-electron chi connectivity index (χ1n) is 5.70. The van der Waals surface area contributed by atoms with Crippen molar-refractivity contribution >= 4 is 0 Å². The second kappa shape index (κ2) is 4.91. The van der Waals surface area contributed by atoms with Gasteiger partial charge in [-0.3, -0.25) is 0 Å². The second-order valence-corrected chi connectivity index (χ2v) is 4.45. The van der Waals surface area contributed by atoms with E-state index in [1.807, 2.05) is 0 Å². The maximum atomic E-state index is 13.0. The Kier molecular flexibility index (Phi) is 3.54. The van der Waals surface area contributed by atoms with E-state index in [1.54, 1.807) is 24.3 Å². The number of rotatable bonds is 4. The predicted molar refractivity (Wildman–Crippen MR) is 58.5 cm³/mol. The van der Waals surface area contributed by atoms with Gasteiger partial charge in [-0.05, 0) is 29.9 Å². The van der Waals surface area contributed by atoms with Gasteiger partial charge in [-0.1, -0.05) is 30.7 Å². The molecule has 0 spiro atoms. The Hall–Kier alpha value is -0.960. The van der Waals surface area contributed by atoms with Crippen LogP contribution in [0.5, 0.6) is 0 Å². The highest BCUT2D eigenvalue weighted by molar-refractivity contribution is 5.26. The molecule has 0 saturated heterocycles. The van der Waals surface area contributed by atoms with Crippen molar-refractivity contribution in [3.8, 4) is 0 Å². The third-order valence-corrected chi connectivity index (χ3v) is 3.48. The van der Waals surface area contributed by atoms with E-state index in [0.717, 1.165) is 24.8 Å².